The van der Waals surface area contributed by atoms with E-state index in [0.29, 0.717) is 12.0 Å². The van der Waals surface area contributed by atoms with Gasteiger partial charge in [0.05, 0.1) is 0 Å². The molecule has 4 heterocycles. The topological polar surface area (TPSA) is 3.24 Å². The van der Waals surface area contributed by atoms with Gasteiger partial charge in [0.15, 0.2) is 0 Å². The number of nitrogens with zero attached hydrogens (tertiary/aromatic N) is 1. The first-order valence-electron chi connectivity index (χ1n) is 12.1. The highest BCUT2D eigenvalue weighted by Crippen LogP contribution is 2.51. The van der Waals surface area contributed by atoms with Gasteiger partial charge in [0.1, 0.15) is 0 Å². The minimum Gasteiger partial charge on any atom is -0.312 e. The maximum absolute atomic E-state index is 2.58. The first-order chi connectivity index (χ1) is 17.4. The number of fused-ring (bicyclic) bond motifs is 10. The fourth-order valence-corrected chi connectivity index (χ4v) is 9.30. The third-order valence-electron chi connectivity index (χ3n) is 7.89. The molecule has 0 saturated heterocycles. The zero-order valence-electron chi connectivity index (χ0n) is 18.7. The lowest BCUT2D eigenvalue weighted by Gasteiger charge is -2.47. The molecule has 4 aliphatic rings. The normalized spacial score (nSPS) is 15.0. The molecule has 4 aliphatic heterocycles. The lowest BCUT2D eigenvalue weighted by molar-refractivity contribution is 1.30. The Morgan fingerprint density at radius 1 is 0.486 bits per heavy atom. The third-order valence-corrected chi connectivity index (χ3v) is 10.6. The molecule has 1 nitrogen and oxygen atoms in total. The van der Waals surface area contributed by atoms with Crippen LogP contribution in [0.1, 0.15) is 0 Å². The van der Waals surface area contributed by atoms with Crippen molar-refractivity contribution in [2.75, 3.05) is 4.90 Å². The van der Waals surface area contributed by atoms with Gasteiger partial charge >= 0.3 is 0 Å². The Kier molecular flexibility index (Phi) is 3.63. The molecule has 0 unspecified atom stereocenters. The van der Waals surface area contributed by atoms with E-state index in [0.717, 1.165) is 0 Å². The molecule has 5 aromatic carbocycles. The maximum atomic E-state index is 2.58. The molecule has 160 valence electrons. The molecule has 0 aliphatic carbocycles. The highest BCUT2D eigenvalue weighted by atomic mass is 32.2. The molecule has 0 radical (unpaired) electrons. The highest BCUT2D eigenvalue weighted by molar-refractivity contribution is 8.29. The summed E-state index contributed by atoms with van der Waals surface area (Å²) >= 11 is 4.04. The first kappa shape index (κ1) is 19.0. The Hall–Kier alpha value is -3.27. The quantitative estimate of drug-likeness (QED) is 0.270. The lowest BCUT2D eigenvalue weighted by Crippen LogP contribution is -2.59. The van der Waals surface area contributed by atoms with E-state index in [1.807, 2.05) is 23.2 Å². The van der Waals surface area contributed by atoms with Crippen LogP contribution in [0.15, 0.2) is 113 Å². The molecule has 0 amide bonds. The van der Waals surface area contributed by atoms with Crippen LogP contribution in [0.4, 0.5) is 17.1 Å². The average molecular weight is 477 g/mol. The number of para-hydroxylation sites is 2. The molecule has 0 N–H and O–H groups in total. The zero-order valence-corrected chi connectivity index (χ0v) is 20.4. The summed E-state index contributed by atoms with van der Waals surface area (Å²) in [7, 11) is 0. The van der Waals surface area contributed by atoms with Gasteiger partial charge in [-0.2, -0.15) is 23.2 Å². The molecule has 0 bridgehead atoms. The van der Waals surface area contributed by atoms with E-state index in [1.54, 1.807) is 0 Å². The summed E-state index contributed by atoms with van der Waals surface area (Å²) < 4.78 is 0. The number of benzene rings is 5. The van der Waals surface area contributed by atoms with Gasteiger partial charge in [-0.25, -0.2) is 0 Å². The van der Waals surface area contributed by atoms with Gasteiger partial charge in [-0.3, -0.25) is 0 Å². The molecule has 9 rings (SSSR count). The van der Waals surface area contributed by atoms with E-state index in [2.05, 4.69) is 108 Å². The predicted octanol–water partition coefficient (Wildman–Crippen LogP) is 5.54. The minimum atomic E-state index is 0.306. The van der Waals surface area contributed by atoms with Crippen molar-refractivity contribution in [1.29, 1.82) is 0 Å². The molecular weight excluding hydrogens is 460 g/mol. The van der Waals surface area contributed by atoms with E-state index in [1.165, 1.54) is 71.0 Å². The van der Waals surface area contributed by atoms with E-state index >= 15 is 0 Å². The Morgan fingerprint density at radius 2 is 0.943 bits per heavy atom. The molecule has 5 aromatic rings. The fraction of sp³-hybridized carbons (Fsp3) is 0. The van der Waals surface area contributed by atoms with Crippen molar-refractivity contribution >= 4 is 74.1 Å². The minimum absolute atomic E-state index is 0.306. The van der Waals surface area contributed by atoms with Crippen LogP contribution < -0.4 is 26.8 Å². The summed E-state index contributed by atoms with van der Waals surface area (Å²) in [5.41, 5.74) is 15.4. The largest absolute Gasteiger partial charge is 0.312 e. The molecule has 0 fully saturated rings. The van der Waals surface area contributed by atoms with E-state index in [4.69, 9.17) is 0 Å². The van der Waals surface area contributed by atoms with E-state index in [-0.39, 0.29) is 0 Å². The molecule has 0 saturated carbocycles. The predicted molar refractivity (Wildman–Crippen MR) is 154 cm³/mol. The van der Waals surface area contributed by atoms with Crippen molar-refractivity contribution in [1.82, 2.24) is 0 Å². The molecule has 5 heteroatoms. The number of rotatable bonds is 0. The van der Waals surface area contributed by atoms with E-state index in [9.17, 15) is 0 Å². The van der Waals surface area contributed by atoms with Gasteiger partial charge in [-0.15, -0.1) is 0 Å². The average Bonchev–Trinajstić information content (AvgIpc) is 2.93. The lowest BCUT2D eigenvalue weighted by atomic mass is 9.48. The van der Waals surface area contributed by atoms with Crippen LogP contribution in [0.5, 0.6) is 0 Å². The Labute approximate surface area is 213 Å². The first-order valence-corrected chi connectivity index (χ1v) is 13.9. The van der Waals surface area contributed by atoms with Crippen molar-refractivity contribution < 1.29 is 0 Å². The van der Waals surface area contributed by atoms with E-state index < -0.39 is 0 Å². The van der Waals surface area contributed by atoms with Crippen LogP contribution in [-0.2, 0) is 0 Å². The Bertz CT molecular complexity index is 1620. The van der Waals surface area contributed by atoms with Gasteiger partial charge < -0.3 is 4.90 Å². The summed E-state index contributed by atoms with van der Waals surface area (Å²) in [6.45, 7) is 0. The van der Waals surface area contributed by atoms with Gasteiger partial charge in [0.25, 0.3) is 12.0 Å². The van der Waals surface area contributed by atoms with Crippen LogP contribution >= 0.6 is 23.2 Å². The number of hydrogen-bond donors (Lipinski definition) is 0. The summed E-state index contributed by atoms with van der Waals surface area (Å²) in [6.07, 6.45) is 0. The van der Waals surface area contributed by atoms with Crippen LogP contribution in [0, 0.1) is 0 Å². The van der Waals surface area contributed by atoms with Crippen LogP contribution in [-0.4, -0.2) is 12.0 Å². The number of anilines is 3. The van der Waals surface area contributed by atoms with Gasteiger partial charge in [-0.1, -0.05) is 72.8 Å². The molecule has 0 spiro atoms. The highest BCUT2D eigenvalue weighted by Gasteiger charge is 2.48. The molecule has 35 heavy (non-hydrogen) atoms. The third kappa shape index (κ3) is 2.31. The summed E-state index contributed by atoms with van der Waals surface area (Å²) in [5, 5.41) is 0. The fourth-order valence-electron chi connectivity index (χ4n) is 6.51. The molecule has 0 aromatic heterocycles. The monoisotopic (exact) mass is 477 g/mol. The smallest absolute Gasteiger partial charge is 0.285 e. The SMILES string of the molecule is c1ccc2c(c1)SB1c3ccccc3N3c4ccccc4B4Sc5ccccc5-c5cc-2c1c3c54. The van der Waals surface area contributed by atoms with Crippen LogP contribution in [0.3, 0.4) is 0 Å². The Balaban J connectivity index is 1.50. The second kappa shape index (κ2) is 6.69. The standard InChI is InChI=1S/C30H17B2NS2/c1-7-15-26-18(9-1)20-17-21-19-10-2-8-16-27(19)35-32-23-12-4-6-14-25(23)33-24-13-5-3-11-22(24)31(34-26)28(20)30(33)29(21)32/h1-17H. The summed E-state index contributed by atoms with van der Waals surface area (Å²) in [6, 6.07) is 38.6. The van der Waals surface area contributed by atoms with Crippen LogP contribution in [0.25, 0.3) is 22.3 Å². The van der Waals surface area contributed by atoms with Crippen LogP contribution in [0.2, 0.25) is 0 Å². The second-order valence-corrected chi connectivity index (χ2v) is 11.9. The van der Waals surface area contributed by atoms with Crippen molar-refractivity contribution in [2.45, 2.75) is 9.79 Å². The van der Waals surface area contributed by atoms with Crippen molar-refractivity contribution in [2.24, 2.45) is 0 Å². The summed E-state index contributed by atoms with van der Waals surface area (Å²) in [5.74, 6) is 0.612. The summed E-state index contributed by atoms with van der Waals surface area (Å²) in [4.78, 5) is 5.34. The van der Waals surface area contributed by atoms with Gasteiger partial charge in [-0.05, 0) is 74.4 Å². The van der Waals surface area contributed by atoms with Gasteiger partial charge in [0.2, 0.25) is 0 Å². The second-order valence-electron chi connectivity index (χ2n) is 9.59. The maximum Gasteiger partial charge on any atom is 0.285 e. The van der Waals surface area contributed by atoms with Crippen molar-refractivity contribution in [3.05, 3.63) is 103 Å². The molecule has 0 atom stereocenters. The molecular formula is C30H17B2NS2. The van der Waals surface area contributed by atoms with Crippen molar-refractivity contribution in [3.8, 4) is 22.3 Å². The number of hydrogen-bond acceptors (Lipinski definition) is 3. The Morgan fingerprint density at radius 3 is 1.49 bits per heavy atom. The van der Waals surface area contributed by atoms with Crippen molar-refractivity contribution in [3.63, 3.8) is 0 Å². The zero-order chi connectivity index (χ0) is 22.7. The van der Waals surface area contributed by atoms with Gasteiger partial charge in [0, 0.05) is 26.9 Å².